The van der Waals surface area contributed by atoms with E-state index in [0.29, 0.717) is 17.6 Å². The van der Waals surface area contributed by atoms with E-state index in [4.69, 9.17) is 16.1 Å². The normalized spacial score (nSPS) is 10.6. The molecule has 0 aliphatic rings. The Bertz CT molecular complexity index is 385. The van der Waals surface area contributed by atoms with Crippen molar-refractivity contribution in [1.82, 2.24) is 10.1 Å². The highest BCUT2D eigenvalue weighted by Crippen LogP contribution is 2.21. The third kappa shape index (κ3) is 2.13. The Hall–Kier alpha value is -0.870. The van der Waals surface area contributed by atoms with Gasteiger partial charge in [-0.05, 0) is 17.9 Å². The van der Waals surface area contributed by atoms with Crippen molar-refractivity contribution >= 4 is 22.9 Å². The van der Waals surface area contributed by atoms with Gasteiger partial charge in [-0.2, -0.15) is 4.98 Å². The van der Waals surface area contributed by atoms with E-state index in [1.165, 1.54) is 0 Å². The van der Waals surface area contributed by atoms with Crippen molar-refractivity contribution in [1.29, 1.82) is 0 Å². The highest BCUT2D eigenvalue weighted by Gasteiger charge is 2.08. The molecule has 0 saturated carbocycles. The highest BCUT2D eigenvalue weighted by atomic mass is 35.5. The van der Waals surface area contributed by atoms with Crippen molar-refractivity contribution in [3.63, 3.8) is 0 Å². The maximum absolute atomic E-state index is 5.57. The molecule has 2 heterocycles. The van der Waals surface area contributed by atoms with Crippen molar-refractivity contribution in [2.45, 2.75) is 12.8 Å². The first-order valence-electron chi connectivity index (χ1n) is 4.32. The molecule has 14 heavy (non-hydrogen) atoms. The van der Waals surface area contributed by atoms with E-state index in [9.17, 15) is 0 Å². The predicted octanol–water partition coefficient (Wildman–Crippen LogP) is 2.97. The van der Waals surface area contributed by atoms with Gasteiger partial charge in [0.1, 0.15) is 0 Å². The first-order chi connectivity index (χ1) is 6.90. The van der Waals surface area contributed by atoms with Gasteiger partial charge in [0, 0.05) is 12.3 Å². The van der Waals surface area contributed by atoms with Crippen LogP contribution < -0.4 is 0 Å². The van der Waals surface area contributed by atoms with Crippen LogP contribution in [-0.4, -0.2) is 16.0 Å². The Labute approximate surface area is 90.7 Å². The van der Waals surface area contributed by atoms with E-state index >= 15 is 0 Å². The molecule has 0 aliphatic heterocycles. The van der Waals surface area contributed by atoms with Crippen molar-refractivity contribution < 1.29 is 4.52 Å². The van der Waals surface area contributed by atoms with E-state index in [0.717, 1.165) is 17.7 Å². The lowest BCUT2D eigenvalue weighted by molar-refractivity contribution is 0.378. The maximum Gasteiger partial charge on any atom is 0.227 e. The van der Waals surface area contributed by atoms with Crippen LogP contribution >= 0.6 is 22.9 Å². The zero-order valence-electron chi connectivity index (χ0n) is 7.44. The van der Waals surface area contributed by atoms with Crippen molar-refractivity contribution in [3.05, 3.63) is 23.4 Å². The number of halogens is 1. The van der Waals surface area contributed by atoms with Crippen LogP contribution in [0.4, 0.5) is 0 Å². The summed E-state index contributed by atoms with van der Waals surface area (Å²) in [7, 11) is 0. The number of aryl methyl sites for hydroxylation is 1. The van der Waals surface area contributed by atoms with Crippen LogP contribution in [0.1, 0.15) is 12.3 Å². The van der Waals surface area contributed by atoms with Gasteiger partial charge in [-0.1, -0.05) is 11.2 Å². The summed E-state index contributed by atoms with van der Waals surface area (Å²) in [5.74, 6) is 1.95. The van der Waals surface area contributed by atoms with Crippen LogP contribution in [0.15, 0.2) is 22.0 Å². The van der Waals surface area contributed by atoms with Crippen molar-refractivity contribution in [2.75, 3.05) is 5.88 Å². The lowest BCUT2D eigenvalue weighted by Crippen LogP contribution is -1.85. The zero-order chi connectivity index (χ0) is 9.80. The summed E-state index contributed by atoms with van der Waals surface area (Å²) in [6.45, 7) is 0. The Balaban J connectivity index is 2.10. The Morgan fingerprint density at radius 1 is 1.50 bits per heavy atom. The fraction of sp³-hybridized carbons (Fsp3) is 0.333. The van der Waals surface area contributed by atoms with Gasteiger partial charge in [0.05, 0.1) is 4.88 Å². The van der Waals surface area contributed by atoms with Crippen LogP contribution in [-0.2, 0) is 6.42 Å². The van der Waals surface area contributed by atoms with Crippen LogP contribution in [0.3, 0.4) is 0 Å². The number of thiophene rings is 1. The van der Waals surface area contributed by atoms with Crippen LogP contribution in [0.25, 0.3) is 10.7 Å². The molecule has 0 radical (unpaired) electrons. The van der Waals surface area contributed by atoms with Gasteiger partial charge in [0.2, 0.25) is 11.7 Å². The second-order valence-electron chi connectivity index (χ2n) is 2.78. The molecule has 0 aromatic carbocycles. The molecule has 0 amide bonds. The van der Waals surface area contributed by atoms with Gasteiger partial charge in [-0.15, -0.1) is 22.9 Å². The Kier molecular flexibility index (Phi) is 3.16. The summed E-state index contributed by atoms with van der Waals surface area (Å²) >= 11 is 7.17. The molecule has 5 heteroatoms. The number of nitrogens with zero attached hydrogens (tertiary/aromatic N) is 2. The third-order valence-corrected chi connectivity index (χ3v) is 2.87. The minimum absolute atomic E-state index is 0.622. The maximum atomic E-state index is 5.57. The number of hydrogen-bond acceptors (Lipinski definition) is 4. The van der Waals surface area contributed by atoms with Crippen LogP contribution in [0, 0.1) is 0 Å². The average molecular weight is 229 g/mol. The summed E-state index contributed by atoms with van der Waals surface area (Å²) < 4.78 is 5.08. The summed E-state index contributed by atoms with van der Waals surface area (Å²) in [6.07, 6.45) is 1.62. The number of alkyl halides is 1. The van der Waals surface area contributed by atoms with E-state index in [-0.39, 0.29) is 0 Å². The second kappa shape index (κ2) is 4.57. The van der Waals surface area contributed by atoms with Gasteiger partial charge in [-0.3, -0.25) is 0 Å². The van der Waals surface area contributed by atoms with Crippen molar-refractivity contribution in [2.24, 2.45) is 0 Å². The fourth-order valence-corrected chi connectivity index (χ4v) is 1.86. The molecule has 74 valence electrons. The van der Waals surface area contributed by atoms with Crippen molar-refractivity contribution in [3.8, 4) is 10.7 Å². The van der Waals surface area contributed by atoms with Gasteiger partial charge < -0.3 is 4.52 Å². The molecule has 2 aromatic heterocycles. The lowest BCUT2D eigenvalue weighted by Gasteiger charge is -1.86. The van der Waals surface area contributed by atoms with E-state index < -0.39 is 0 Å². The topological polar surface area (TPSA) is 38.9 Å². The third-order valence-electron chi connectivity index (χ3n) is 1.73. The molecule has 0 N–H and O–H groups in total. The molecule has 0 bridgehead atoms. The summed E-state index contributed by atoms with van der Waals surface area (Å²) in [5, 5.41) is 5.88. The molecule has 2 aromatic rings. The second-order valence-corrected chi connectivity index (χ2v) is 4.11. The monoisotopic (exact) mass is 228 g/mol. The number of hydrogen-bond donors (Lipinski definition) is 0. The smallest absolute Gasteiger partial charge is 0.227 e. The molecule has 0 spiro atoms. The highest BCUT2D eigenvalue weighted by molar-refractivity contribution is 7.13. The van der Waals surface area contributed by atoms with Crippen LogP contribution in [0.5, 0.6) is 0 Å². The SMILES string of the molecule is ClCCCc1nc(-c2cccs2)no1. The van der Waals surface area contributed by atoms with Crippen LogP contribution in [0.2, 0.25) is 0 Å². The van der Waals surface area contributed by atoms with Gasteiger partial charge in [0.15, 0.2) is 0 Å². The fourth-order valence-electron chi connectivity index (χ4n) is 1.08. The molecule has 0 atom stereocenters. The standard InChI is InChI=1S/C9H9ClN2OS/c10-5-1-4-8-11-9(12-13-8)7-3-2-6-14-7/h2-3,6H,1,4-5H2. The molecular weight excluding hydrogens is 220 g/mol. The van der Waals surface area contributed by atoms with E-state index in [1.807, 2.05) is 17.5 Å². The quantitative estimate of drug-likeness (QED) is 0.756. The van der Waals surface area contributed by atoms with E-state index in [2.05, 4.69) is 10.1 Å². The summed E-state index contributed by atoms with van der Waals surface area (Å²) in [6, 6.07) is 3.94. The molecule has 0 fully saturated rings. The lowest BCUT2D eigenvalue weighted by atomic mass is 10.3. The van der Waals surface area contributed by atoms with Gasteiger partial charge in [0.25, 0.3) is 0 Å². The first kappa shape index (κ1) is 9.68. The Morgan fingerprint density at radius 2 is 2.43 bits per heavy atom. The number of rotatable bonds is 4. The summed E-state index contributed by atoms with van der Waals surface area (Å²) in [4.78, 5) is 5.30. The predicted molar refractivity (Wildman–Crippen MR) is 56.7 cm³/mol. The van der Waals surface area contributed by atoms with Gasteiger partial charge in [-0.25, -0.2) is 0 Å². The average Bonchev–Trinajstić information content (AvgIpc) is 2.85. The summed E-state index contributed by atoms with van der Waals surface area (Å²) in [5.41, 5.74) is 0. The minimum Gasteiger partial charge on any atom is -0.339 e. The molecule has 3 nitrogen and oxygen atoms in total. The first-order valence-corrected chi connectivity index (χ1v) is 5.74. The van der Waals surface area contributed by atoms with E-state index in [1.54, 1.807) is 11.3 Å². The molecule has 0 unspecified atom stereocenters. The minimum atomic E-state index is 0.622. The molecule has 0 aliphatic carbocycles. The molecule has 0 saturated heterocycles. The Morgan fingerprint density at radius 3 is 3.14 bits per heavy atom. The molecular formula is C9H9ClN2OS. The van der Waals surface area contributed by atoms with Gasteiger partial charge >= 0.3 is 0 Å². The zero-order valence-corrected chi connectivity index (χ0v) is 9.01. The largest absolute Gasteiger partial charge is 0.339 e. The number of aromatic nitrogens is 2. The molecule has 2 rings (SSSR count).